The van der Waals surface area contributed by atoms with E-state index in [0.717, 1.165) is 42.1 Å². The van der Waals surface area contributed by atoms with E-state index in [1.165, 1.54) is 5.56 Å². The lowest BCUT2D eigenvalue weighted by Crippen LogP contribution is -2.32. The van der Waals surface area contributed by atoms with Crippen molar-refractivity contribution in [3.05, 3.63) is 102 Å². The molecule has 1 N–H and O–H groups in total. The summed E-state index contributed by atoms with van der Waals surface area (Å²) in [6.07, 6.45) is 1.31. The second-order valence-electron chi connectivity index (χ2n) is 8.99. The zero-order valence-corrected chi connectivity index (χ0v) is 21.3. The Morgan fingerprint density at radius 3 is 2.17 bits per heavy atom. The second kappa shape index (κ2) is 12.4. The molecule has 188 valence electrons. The zero-order valence-electron chi connectivity index (χ0n) is 21.3. The van der Waals surface area contributed by atoms with Gasteiger partial charge in [-0.1, -0.05) is 61.9 Å². The number of aliphatic hydroxyl groups is 1. The van der Waals surface area contributed by atoms with Gasteiger partial charge in [0.05, 0.1) is 30.2 Å². The van der Waals surface area contributed by atoms with Crippen LogP contribution in [0.15, 0.2) is 84.9 Å². The van der Waals surface area contributed by atoms with Gasteiger partial charge in [0.1, 0.15) is 11.5 Å². The summed E-state index contributed by atoms with van der Waals surface area (Å²) < 4.78 is 13.6. The molecule has 0 fully saturated rings. The summed E-state index contributed by atoms with van der Waals surface area (Å²) in [5.41, 5.74) is 4.02. The number of aromatic nitrogens is 2. The highest BCUT2D eigenvalue weighted by Crippen LogP contribution is 2.32. The molecule has 0 spiro atoms. The molecule has 4 rings (SSSR count). The number of methoxy groups -OCH3 is 1. The summed E-state index contributed by atoms with van der Waals surface area (Å²) in [6, 6.07) is 27.9. The normalized spacial score (nSPS) is 12.0. The van der Waals surface area contributed by atoms with Crippen molar-refractivity contribution in [2.45, 2.75) is 45.9 Å². The quantitative estimate of drug-likeness (QED) is 0.261. The van der Waals surface area contributed by atoms with Gasteiger partial charge in [0.15, 0.2) is 0 Å². The number of ether oxygens (including phenoxy) is 2. The fraction of sp³-hybridized carbons (Fsp3) is 0.300. The maximum Gasteiger partial charge on any atom is 0.227 e. The first kappa shape index (κ1) is 25.5. The van der Waals surface area contributed by atoms with Gasteiger partial charge >= 0.3 is 0 Å². The van der Waals surface area contributed by atoms with Gasteiger partial charge < -0.3 is 14.6 Å². The fourth-order valence-corrected chi connectivity index (χ4v) is 4.30. The van der Waals surface area contributed by atoms with Crippen LogP contribution < -0.4 is 9.47 Å². The maximum atomic E-state index is 10.7. The fourth-order valence-electron chi connectivity index (χ4n) is 4.30. The number of benzene rings is 3. The Morgan fingerprint density at radius 1 is 0.889 bits per heavy atom. The van der Waals surface area contributed by atoms with Crippen molar-refractivity contribution in [3.63, 3.8) is 0 Å². The summed E-state index contributed by atoms with van der Waals surface area (Å²) >= 11 is 0. The molecule has 0 amide bonds. The molecule has 0 aliphatic carbocycles. The summed E-state index contributed by atoms with van der Waals surface area (Å²) in [5, 5.41) is 15.5. The molecule has 0 unspecified atom stereocenters. The Kier molecular flexibility index (Phi) is 8.76. The summed E-state index contributed by atoms with van der Waals surface area (Å²) in [7, 11) is 1.65. The summed E-state index contributed by atoms with van der Waals surface area (Å²) in [6.45, 7) is 6.00. The first-order valence-corrected chi connectivity index (χ1v) is 12.5. The molecule has 4 aromatic rings. The zero-order chi connectivity index (χ0) is 25.3. The highest BCUT2D eigenvalue weighted by atomic mass is 16.5. The summed E-state index contributed by atoms with van der Waals surface area (Å²) in [4.78, 5) is 2.27. The van der Waals surface area contributed by atoms with Crippen LogP contribution in [0.4, 0.5) is 0 Å². The molecule has 0 bridgehead atoms. The molecule has 1 aromatic heterocycles. The minimum atomic E-state index is -0.394. The van der Waals surface area contributed by atoms with Gasteiger partial charge in [-0.15, -0.1) is 0 Å². The summed E-state index contributed by atoms with van der Waals surface area (Å²) in [5.74, 6) is 2.15. The molecule has 0 saturated carbocycles. The lowest BCUT2D eigenvalue weighted by molar-refractivity contribution is 0.0965. The monoisotopic (exact) mass is 485 g/mol. The SMILES string of the molecule is CCC[C@H](O)CN(Cc1ccccc1)Cc1c(C)nn(-c2ccccc2)c1Oc1ccc(OC)cc1. The Bertz CT molecular complexity index is 1210. The number of nitrogens with zero attached hydrogens (tertiary/aromatic N) is 3. The average molecular weight is 486 g/mol. The molecule has 0 aliphatic heterocycles. The average Bonchev–Trinajstić information content (AvgIpc) is 3.20. The van der Waals surface area contributed by atoms with Crippen LogP contribution in [0.5, 0.6) is 17.4 Å². The first-order chi connectivity index (χ1) is 17.6. The van der Waals surface area contributed by atoms with Crippen molar-refractivity contribution in [3.8, 4) is 23.1 Å². The highest BCUT2D eigenvalue weighted by molar-refractivity contribution is 5.44. The molecule has 1 heterocycles. The van der Waals surface area contributed by atoms with Crippen molar-refractivity contribution in [1.82, 2.24) is 14.7 Å². The van der Waals surface area contributed by atoms with Crippen molar-refractivity contribution < 1.29 is 14.6 Å². The second-order valence-corrected chi connectivity index (χ2v) is 8.99. The van der Waals surface area contributed by atoms with E-state index in [1.54, 1.807) is 7.11 Å². The van der Waals surface area contributed by atoms with Crippen molar-refractivity contribution in [1.29, 1.82) is 0 Å². The lowest BCUT2D eigenvalue weighted by atomic mass is 10.1. The molecule has 0 aliphatic rings. The van der Waals surface area contributed by atoms with E-state index in [1.807, 2.05) is 84.4 Å². The largest absolute Gasteiger partial charge is 0.497 e. The van der Waals surface area contributed by atoms with Crippen LogP contribution in [0.3, 0.4) is 0 Å². The Hall–Kier alpha value is -3.61. The van der Waals surface area contributed by atoms with E-state index in [-0.39, 0.29) is 0 Å². The molecule has 0 saturated heterocycles. The molecule has 36 heavy (non-hydrogen) atoms. The first-order valence-electron chi connectivity index (χ1n) is 12.5. The van der Waals surface area contributed by atoms with Gasteiger partial charge in [0.25, 0.3) is 0 Å². The lowest BCUT2D eigenvalue weighted by Gasteiger charge is -2.25. The number of para-hydroxylation sites is 1. The molecule has 0 radical (unpaired) electrons. The third-order valence-electron chi connectivity index (χ3n) is 6.13. The maximum absolute atomic E-state index is 10.7. The Labute approximate surface area is 213 Å². The van der Waals surface area contributed by atoms with Crippen LogP contribution >= 0.6 is 0 Å². The van der Waals surface area contributed by atoms with E-state index >= 15 is 0 Å². The van der Waals surface area contributed by atoms with Crippen LogP contribution in [-0.2, 0) is 13.1 Å². The number of hydrogen-bond donors (Lipinski definition) is 1. The number of hydrogen-bond acceptors (Lipinski definition) is 5. The molecule has 3 aromatic carbocycles. The van der Waals surface area contributed by atoms with Crippen LogP contribution in [0.1, 0.15) is 36.6 Å². The number of aliphatic hydroxyl groups excluding tert-OH is 1. The standard InChI is InChI=1S/C30H35N3O3/c1-4-11-26(34)21-32(20-24-12-7-5-8-13-24)22-29-23(2)31-33(25-14-9-6-10-15-25)30(29)36-28-18-16-27(35-3)17-19-28/h5-10,12-19,26,34H,4,11,20-22H2,1-3H3/t26-/m0/s1. The third-order valence-corrected chi connectivity index (χ3v) is 6.13. The van der Waals surface area contributed by atoms with Crippen molar-refractivity contribution >= 4 is 0 Å². The van der Waals surface area contributed by atoms with E-state index < -0.39 is 6.10 Å². The van der Waals surface area contributed by atoms with Gasteiger partial charge in [-0.25, -0.2) is 4.68 Å². The Balaban J connectivity index is 1.70. The molecular formula is C30H35N3O3. The van der Waals surface area contributed by atoms with E-state index in [9.17, 15) is 5.11 Å². The minimum Gasteiger partial charge on any atom is -0.497 e. The third kappa shape index (κ3) is 6.53. The van der Waals surface area contributed by atoms with Crippen molar-refractivity contribution in [2.24, 2.45) is 0 Å². The van der Waals surface area contributed by atoms with Gasteiger partial charge in [-0.05, 0) is 55.3 Å². The minimum absolute atomic E-state index is 0.394. The van der Waals surface area contributed by atoms with Gasteiger partial charge in [0, 0.05) is 19.6 Å². The van der Waals surface area contributed by atoms with Crippen LogP contribution in [0, 0.1) is 6.92 Å². The Morgan fingerprint density at radius 2 is 1.53 bits per heavy atom. The van der Waals surface area contributed by atoms with Crippen LogP contribution in [0.25, 0.3) is 5.69 Å². The molecular weight excluding hydrogens is 450 g/mol. The predicted molar refractivity (Wildman–Crippen MR) is 143 cm³/mol. The van der Waals surface area contributed by atoms with Crippen LogP contribution in [-0.4, -0.2) is 39.5 Å². The van der Waals surface area contributed by atoms with Gasteiger partial charge in [0.2, 0.25) is 5.88 Å². The predicted octanol–water partition coefficient (Wildman–Crippen LogP) is 6.14. The van der Waals surface area contributed by atoms with E-state index in [2.05, 4.69) is 24.0 Å². The van der Waals surface area contributed by atoms with Crippen molar-refractivity contribution in [2.75, 3.05) is 13.7 Å². The highest BCUT2D eigenvalue weighted by Gasteiger charge is 2.23. The number of aryl methyl sites for hydroxylation is 1. The molecule has 1 atom stereocenters. The smallest absolute Gasteiger partial charge is 0.227 e. The van der Waals surface area contributed by atoms with Gasteiger partial charge in [-0.3, -0.25) is 4.90 Å². The van der Waals surface area contributed by atoms with E-state index in [4.69, 9.17) is 14.6 Å². The molecule has 6 nitrogen and oxygen atoms in total. The molecule has 6 heteroatoms. The number of rotatable bonds is 12. The van der Waals surface area contributed by atoms with E-state index in [0.29, 0.717) is 24.7 Å². The van der Waals surface area contributed by atoms with Gasteiger partial charge in [-0.2, -0.15) is 5.10 Å². The topological polar surface area (TPSA) is 59.8 Å². The van der Waals surface area contributed by atoms with Crippen LogP contribution in [0.2, 0.25) is 0 Å².